The van der Waals surface area contributed by atoms with Gasteiger partial charge in [-0.3, -0.25) is 19.7 Å². The number of rotatable bonds is 4. The van der Waals surface area contributed by atoms with E-state index < -0.39 is 28.3 Å². The summed E-state index contributed by atoms with van der Waals surface area (Å²) in [5.41, 5.74) is -0.559. The van der Waals surface area contributed by atoms with Gasteiger partial charge in [0.1, 0.15) is 5.82 Å². The van der Waals surface area contributed by atoms with E-state index in [2.05, 4.69) is 10.3 Å². The fourth-order valence-corrected chi connectivity index (χ4v) is 2.73. The molecule has 2 amide bonds. The molecule has 1 unspecified atom stereocenters. The number of amides is 2. The second-order valence-electron chi connectivity index (χ2n) is 5.65. The van der Waals surface area contributed by atoms with Gasteiger partial charge in [0.15, 0.2) is 0 Å². The molecule has 1 aromatic carbocycles. The van der Waals surface area contributed by atoms with Crippen LogP contribution in [0.3, 0.4) is 0 Å². The molecule has 1 aliphatic rings. The van der Waals surface area contributed by atoms with Crippen LogP contribution in [0, 0.1) is 21.8 Å². The molecule has 2 aromatic rings. The zero-order valence-electron chi connectivity index (χ0n) is 13.2. The molecule has 0 radical (unpaired) electrons. The summed E-state index contributed by atoms with van der Waals surface area (Å²) in [5, 5.41) is 13.9. The first-order valence-corrected chi connectivity index (χ1v) is 7.89. The Morgan fingerprint density at radius 3 is 2.81 bits per heavy atom. The van der Waals surface area contributed by atoms with Gasteiger partial charge in [0.25, 0.3) is 0 Å². The predicted octanol–water partition coefficient (Wildman–Crippen LogP) is 2.77. The third-order valence-electron chi connectivity index (χ3n) is 3.91. The molecule has 0 spiro atoms. The van der Waals surface area contributed by atoms with Crippen molar-refractivity contribution in [3.63, 3.8) is 0 Å². The van der Waals surface area contributed by atoms with E-state index >= 15 is 0 Å². The van der Waals surface area contributed by atoms with E-state index in [1.165, 1.54) is 23.2 Å². The Hall–Kier alpha value is -3.07. The van der Waals surface area contributed by atoms with Crippen LogP contribution in [0.1, 0.15) is 6.42 Å². The Kier molecular flexibility index (Phi) is 4.81. The van der Waals surface area contributed by atoms with Gasteiger partial charge in [-0.1, -0.05) is 11.6 Å². The Labute approximate surface area is 151 Å². The minimum Gasteiger partial charge on any atom is -0.311 e. The van der Waals surface area contributed by atoms with Crippen molar-refractivity contribution in [2.75, 3.05) is 16.8 Å². The summed E-state index contributed by atoms with van der Waals surface area (Å²) < 4.78 is 13.5. The second kappa shape index (κ2) is 7.04. The van der Waals surface area contributed by atoms with Gasteiger partial charge in [0.05, 0.1) is 21.6 Å². The molecule has 1 aliphatic heterocycles. The van der Waals surface area contributed by atoms with Crippen molar-refractivity contribution in [1.82, 2.24) is 4.98 Å². The largest absolute Gasteiger partial charge is 0.311 e. The maximum absolute atomic E-state index is 13.5. The maximum Gasteiger partial charge on any atom is 0.306 e. The number of nitro groups is 1. The van der Waals surface area contributed by atoms with Crippen molar-refractivity contribution in [3.05, 3.63) is 57.5 Å². The molecule has 8 nitrogen and oxygen atoms in total. The number of hydrogen-bond acceptors (Lipinski definition) is 5. The van der Waals surface area contributed by atoms with E-state index in [9.17, 15) is 24.1 Å². The number of halogens is 2. The van der Waals surface area contributed by atoms with E-state index in [4.69, 9.17) is 11.6 Å². The van der Waals surface area contributed by atoms with Crippen molar-refractivity contribution in [2.24, 2.45) is 5.92 Å². The number of hydrogen-bond donors (Lipinski definition) is 1. The van der Waals surface area contributed by atoms with Gasteiger partial charge in [-0.05, 0) is 24.3 Å². The van der Waals surface area contributed by atoms with Crippen LogP contribution in [0.5, 0.6) is 0 Å². The standard InChI is InChI=1S/C16H12ClFN4O4/c17-10-1-4-14(19-7-10)20-16(24)9-5-15(23)21(8-9)11-2-3-12(18)13(6-11)22(25)26/h1-4,6-7,9H,5,8H2,(H,19,20,24). The Morgan fingerprint density at radius 2 is 2.15 bits per heavy atom. The molecule has 3 rings (SSSR count). The molecule has 10 heteroatoms. The van der Waals surface area contributed by atoms with E-state index in [1.807, 2.05) is 0 Å². The molecule has 0 bridgehead atoms. The number of anilines is 2. The molecule has 1 N–H and O–H groups in total. The number of carbonyl (C=O) groups is 2. The Morgan fingerprint density at radius 1 is 1.38 bits per heavy atom. The Bertz CT molecular complexity index is 890. The summed E-state index contributed by atoms with van der Waals surface area (Å²) in [7, 11) is 0. The first-order valence-electron chi connectivity index (χ1n) is 7.52. The molecule has 1 aromatic heterocycles. The summed E-state index contributed by atoms with van der Waals surface area (Å²) in [4.78, 5) is 39.7. The highest BCUT2D eigenvalue weighted by atomic mass is 35.5. The molecule has 1 saturated heterocycles. The van der Waals surface area contributed by atoms with Crippen molar-refractivity contribution in [2.45, 2.75) is 6.42 Å². The fraction of sp³-hybridized carbons (Fsp3) is 0.188. The first-order chi connectivity index (χ1) is 12.3. The van der Waals surface area contributed by atoms with Crippen LogP contribution in [0.25, 0.3) is 0 Å². The van der Waals surface area contributed by atoms with Gasteiger partial charge < -0.3 is 10.2 Å². The van der Waals surface area contributed by atoms with Crippen molar-refractivity contribution < 1.29 is 18.9 Å². The summed E-state index contributed by atoms with van der Waals surface area (Å²) in [6, 6.07) is 6.26. The fourth-order valence-electron chi connectivity index (χ4n) is 2.62. The summed E-state index contributed by atoms with van der Waals surface area (Å²) in [6.07, 6.45) is 1.31. The van der Waals surface area contributed by atoms with E-state index in [0.717, 1.165) is 12.1 Å². The molecule has 134 valence electrons. The monoisotopic (exact) mass is 378 g/mol. The highest BCUT2D eigenvalue weighted by Gasteiger charge is 2.36. The first kappa shape index (κ1) is 17.7. The average Bonchev–Trinajstić information content (AvgIpc) is 2.99. The number of pyridine rings is 1. The van der Waals surface area contributed by atoms with Crippen LogP contribution in [-0.2, 0) is 9.59 Å². The minimum absolute atomic E-state index is 0.0288. The molecule has 0 saturated carbocycles. The van der Waals surface area contributed by atoms with Crippen LogP contribution >= 0.6 is 11.6 Å². The number of carbonyl (C=O) groups excluding carboxylic acids is 2. The molecule has 26 heavy (non-hydrogen) atoms. The normalized spacial score (nSPS) is 16.6. The highest BCUT2D eigenvalue weighted by molar-refractivity contribution is 6.30. The average molecular weight is 379 g/mol. The van der Waals surface area contributed by atoms with E-state index in [-0.39, 0.29) is 24.6 Å². The van der Waals surface area contributed by atoms with Crippen LogP contribution < -0.4 is 10.2 Å². The zero-order valence-corrected chi connectivity index (χ0v) is 13.9. The summed E-state index contributed by atoms with van der Waals surface area (Å²) in [6.45, 7) is 0.0288. The SMILES string of the molecule is O=C(Nc1ccc(Cl)cn1)C1CC(=O)N(c2ccc(F)c([N+](=O)[O-])c2)C1. The van der Waals surface area contributed by atoms with Gasteiger partial charge in [-0.25, -0.2) is 4.98 Å². The third kappa shape index (κ3) is 3.62. The second-order valence-corrected chi connectivity index (χ2v) is 6.09. The van der Waals surface area contributed by atoms with E-state index in [1.54, 1.807) is 6.07 Å². The van der Waals surface area contributed by atoms with Gasteiger partial charge in [-0.2, -0.15) is 4.39 Å². The van der Waals surface area contributed by atoms with Gasteiger partial charge in [0, 0.05) is 25.2 Å². The molecule has 2 heterocycles. The minimum atomic E-state index is -0.992. The lowest BCUT2D eigenvalue weighted by Crippen LogP contribution is -2.28. The quantitative estimate of drug-likeness (QED) is 0.650. The lowest BCUT2D eigenvalue weighted by molar-refractivity contribution is -0.387. The van der Waals surface area contributed by atoms with Crippen molar-refractivity contribution in [3.8, 4) is 0 Å². The molecule has 1 atom stereocenters. The van der Waals surface area contributed by atoms with Crippen molar-refractivity contribution >= 4 is 40.6 Å². The number of nitro benzene ring substituents is 1. The highest BCUT2D eigenvalue weighted by Crippen LogP contribution is 2.30. The predicted molar refractivity (Wildman–Crippen MR) is 91.4 cm³/mol. The maximum atomic E-state index is 13.5. The van der Waals surface area contributed by atoms with Gasteiger partial charge in [-0.15, -0.1) is 0 Å². The lowest BCUT2D eigenvalue weighted by atomic mass is 10.1. The number of nitrogens with one attached hydrogen (secondary N) is 1. The lowest BCUT2D eigenvalue weighted by Gasteiger charge is -2.16. The van der Waals surface area contributed by atoms with E-state index in [0.29, 0.717) is 10.8 Å². The topological polar surface area (TPSA) is 105 Å². The van der Waals surface area contributed by atoms with Gasteiger partial charge >= 0.3 is 5.69 Å². The molecule has 1 fully saturated rings. The summed E-state index contributed by atoms with van der Waals surface area (Å²) in [5.74, 6) is -2.15. The molecule has 0 aliphatic carbocycles. The van der Waals surface area contributed by atoms with Crippen LogP contribution in [0.4, 0.5) is 21.6 Å². The summed E-state index contributed by atoms with van der Waals surface area (Å²) >= 11 is 5.73. The molecular formula is C16H12ClFN4O4. The van der Waals surface area contributed by atoms with Crippen LogP contribution in [-0.4, -0.2) is 28.3 Å². The van der Waals surface area contributed by atoms with Gasteiger partial charge in [0.2, 0.25) is 17.6 Å². The van der Waals surface area contributed by atoms with Crippen LogP contribution in [0.15, 0.2) is 36.5 Å². The zero-order chi connectivity index (χ0) is 18.8. The molecular weight excluding hydrogens is 367 g/mol. The van der Waals surface area contributed by atoms with Crippen molar-refractivity contribution in [1.29, 1.82) is 0 Å². The van der Waals surface area contributed by atoms with Crippen LogP contribution in [0.2, 0.25) is 5.02 Å². The number of aromatic nitrogens is 1. The smallest absolute Gasteiger partial charge is 0.306 e. The number of nitrogens with zero attached hydrogens (tertiary/aromatic N) is 3. The Balaban J connectivity index is 1.74. The number of benzene rings is 1. The third-order valence-corrected chi connectivity index (χ3v) is 4.14.